The number of amides is 2. The molecule has 0 aliphatic heterocycles. The van der Waals surface area contributed by atoms with E-state index in [1.54, 1.807) is 6.20 Å². The summed E-state index contributed by atoms with van der Waals surface area (Å²) in [6, 6.07) is -0.203. The van der Waals surface area contributed by atoms with Gasteiger partial charge in [0.15, 0.2) is 0 Å². The summed E-state index contributed by atoms with van der Waals surface area (Å²) >= 11 is 0. The average molecular weight is 184 g/mol. The van der Waals surface area contributed by atoms with Crippen molar-refractivity contribution in [3.63, 3.8) is 0 Å². The molecule has 0 heterocycles. The Morgan fingerprint density at radius 3 is 2.92 bits per heavy atom. The highest BCUT2D eigenvalue weighted by molar-refractivity contribution is 5.74. The second-order valence-corrected chi connectivity index (χ2v) is 3.17. The zero-order valence-corrected chi connectivity index (χ0v) is 7.62. The molecule has 13 heavy (non-hydrogen) atoms. The first kappa shape index (κ1) is 10.1. The monoisotopic (exact) mass is 184 g/mol. The Bertz CT molecular complexity index is 188. The van der Waals surface area contributed by atoms with Crippen LogP contribution in [0.15, 0.2) is 12.3 Å². The largest absolute Gasteiger partial charge is 0.396 e. The standard InChI is InChI=1S/C9H16N2O2/c12-7-1-5-10-9(13)11-6-4-8-2-3-8/h4,6,8,12H,1-3,5,7H2,(H2,10,11,13)/b6-4+. The number of carbonyl (C=O) groups excluding carboxylic acids is 1. The fourth-order valence-corrected chi connectivity index (χ4v) is 0.881. The minimum atomic E-state index is -0.203. The van der Waals surface area contributed by atoms with Gasteiger partial charge in [-0.05, 0) is 25.2 Å². The number of carbonyl (C=O) groups is 1. The van der Waals surface area contributed by atoms with Gasteiger partial charge in [0.1, 0.15) is 0 Å². The third kappa shape index (κ3) is 5.25. The van der Waals surface area contributed by atoms with Gasteiger partial charge in [-0.1, -0.05) is 6.08 Å². The molecule has 4 heteroatoms. The van der Waals surface area contributed by atoms with Crippen molar-refractivity contribution in [2.75, 3.05) is 13.2 Å². The molecule has 2 amide bonds. The molecule has 0 aromatic rings. The molecule has 0 aromatic heterocycles. The van der Waals surface area contributed by atoms with Gasteiger partial charge in [-0.2, -0.15) is 0 Å². The molecule has 0 radical (unpaired) electrons. The van der Waals surface area contributed by atoms with E-state index in [2.05, 4.69) is 10.6 Å². The summed E-state index contributed by atoms with van der Waals surface area (Å²) in [6.07, 6.45) is 6.77. The van der Waals surface area contributed by atoms with Crippen LogP contribution in [0.25, 0.3) is 0 Å². The Morgan fingerprint density at radius 1 is 1.54 bits per heavy atom. The molecule has 3 N–H and O–H groups in total. The van der Waals surface area contributed by atoms with Gasteiger partial charge in [-0.3, -0.25) is 0 Å². The van der Waals surface area contributed by atoms with Crippen LogP contribution in [-0.4, -0.2) is 24.3 Å². The predicted molar refractivity (Wildman–Crippen MR) is 50.1 cm³/mol. The van der Waals surface area contributed by atoms with E-state index in [-0.39, 0.29) is 12.6 Å². The molecular weight excluding hydrogens is 168 g/mol. The SMILES string of the molecule is O=C(N/C=C/C1CC1)NCCCO. The molecule has 0 aromatic carbocycles. The lowest BCUT2D eigenvalue weighted by atomic mass is 10.4. The fourth-order valence-electron chi connectivity index (χ4n) is 0.881. The van der Waals surface area contributed by atoms with Gasteiger partial charge >= 0.3 is 6.03 Å². The first-order chi connectivity index (χ1) is 6.33. The number of hydrogen-bond donors (Lipinski definition) is 3. The second-order valence-electron chi connectivity index (χ2n) is 3.17. The molecule has 0 saturated heterocycles. The lowest BCUT2D eigenvalue weighted by molar-refractivity contribution is 0.241. The second kappa shape index (κ2) is 5.59. The lowest BCUT2D eigenvalue weighted by Gasteiger charge is -2.01. The summed E-state index contributed by atoms with van der Waals surface area (Å²) < 4.78 is 0. The highest BCUT2D eigenvalue weighted by atomic mass is 16.3. The molecule has 1 aliphatic carbocycles. The minimum absolute atomic E-state index is 0.109. The van der Waals surface area contributed by atoms with Crippen molar-refractivity contribution in [2.24, 2.45) is 5.92 Å². The number of rotatable bonds is 5. The van der Waals surface area contributed by atoms with E-state index < -0.39 is 0 Å². The van der Waals surface area contributed by atoms with Crippen LogP contribution < -0.4 is 10.6 Å². The molecule has 0 unspecified atom stereocenters. The molecule has 4 nitrogen and oxygen atoms in total. The predicted octanol–water partition coefficient (Wildman–Crippen LogP) is 0.592. The number of nitrogens with one attached hydrogen (secondary N) is 2. The zero-order valence-electron chi connectivity index (χ0n) is 7.62. The highest BCUT2D eigenvalue weighted by Gasteiger charge is 2.16. The van der Waals surface area contributed by atoms with Crippen LogP contribution >= 0.6 is 0 Å². The van der Waals surface area contributed by atoms with Crippen molar-refractivity contribution in [3.05, 3.63) is 12.3 Å². The maximum absolute atomic E-state index is 11.0. The molecule has 0 spiro atoms. The van der Waals surface area contributed by atoms with E-state index >= 15 is 0 Å². The number of aliphatic hydroxyl groups is 1. The van der Waals surface area contributed by atoms with Crippen LogP contribution in [0.1, 0.15) is 19.3 Å². The Balaban J connectivity index is 1.96. The van der Waals surface area contributed by atoms with Crippen molar-refractivity contribution < 1.29 is 9.90 Å². The normalized spacial score (nSPS) is 16.1. The van der Waals surface area contributed by atoms with Crippen LogP contribution in [0.2, 0.25) is 0 Å². The van der Waals surface area contributed by atoms with Crippen LogP contribution in [0.4, 0.5) is 4.79 Å². The fraction of sp³-hybridized carbons (Fsp3) is 0.667. The molecule has 0 atom stereocenters. The van der Waals surface area contributed by atoms with Gasteiger partial charge in [-0.25, -0.2) is 4.79 Å². The van der Waals surface area contributed by atoms with Gasteiger partial charge in [0.2, 0.25) is 0 Å². The van der Waals surface area contributed by atoms with Crippen molar-refractivity contribution in [1.82, 2.24) is 10.6 Å². The topological polar surface area (TPSA) is 61.4 Å². The van der Waals surface area contributed by atoms with Crippen LogP contribution in [0.3, 0.4) is 0 Å². The molecule has 1 aliphatic rings. The smallest absolute Gasteiger partial charge is 0.318 e. The summed E-state index contributed by atoms with van der Waals surface area (Å²) in [7, 11) is 0. The van der Waals surface area contributed by atoms with E-state index in [1.807, 2.05) is 6.08 Å². The van der Waals surface area contributed by atoms with Crippen molar-refractivity contribution >= 4 is 6.03 Å². The van der Waals surface area contributed by atoms with Crippen LogP contribution in [-0.2, 0) is 0 Å². The summed E-state index contributed by atoms with van der Waals surface area (Å²) in [6.45, 7) is 0.623. The summed E-state index contributed by atoms with van der Waals surface area (Å²) in [5.74, 6) is 0.678. The Morgan fingerprint density at radius 2 is 2.31 bits per heavy atom. The van der Waals surface area contributed by atoms with Gasteiger partial charge in [-0.15, -0.1) is 0 Å². The Kier molecular flexibility index (Phi) is 4.32. The highest BCUT2D eigenvalue weighted by Crippen LogP contribution is 2.29. The van der Waals surface area contributed by atoms with E-state index in [1.165, 1.54) is 12.8 Å². The van der Waals surface area contributed by atoms with E-state index in [0.717, 1.165) is 0 Å². The Labute approximate surface area is 78.0 Å². The van der Waals surface area contributed by atoms with E-state index in [4.69, 9.17) is 5.11 Å². The van der Waals surface area contributed by atoms with Crippen molar-refractivity contribution in [1.29, 1.82) is 0 Å². The van der Waals surface area contributed by atoms with Crippen molar-refractivity contribution in [2.45, 2.75) is 19.3 Å². The van der Waals surface area contributed by atoms with E-state index in [0.29, 0.717) is 18.9 Å². The zero-order chi connectivity index (χ0) is 9.52. The molecule has 1 saturated carbocycles. The first-order valence-electron chi connectivity index (χ1n) is 4.65. The molecule has 0 bridgehead atoms. The lowest BCUT2D eigenvalue weighted by Crippen LogP contribution is -2.33. The average Bonchev–Trinajstić information content (AvgIpc) is 2.89. The van der Waals surface area contributed by atoms with Gasteiger partial charge < -0.3 is 15.7 Å². The molecular formula is C9H16N2O2. The molecule has 74 valence electrons. The quantitative estimate of drug-likeness (QED) is 0.548. The first-order valence-corrected chi connectivity index (χ1v) is 4.65. The van der Waals surface area contributed by atoms with Gasteiger partial charge in [0.25, 0.3) is 0 Å². The summed E-state index contributed by atoms with van der Waals surface area (Å²) in [5, 5.41) is 13.7. The molecule has 1 fully saturated rings. The third-order valence-corrected chi connectivity index (χ3v) is 1.83. The van der Waals surface area contributed by atoms with Crippen LogP contribution in [0.5, 0.6) is 0 Å². The maximum atomic E-state index is 11.0. The minimum Gasteiger partial charge on any atom is -0.396 e. The maximum Gasteiger partial charge on any atom is 0.318 e. The van der Waals surface area contributed by atoms with Gasteiger partial charge in [0.05, 0.1) is 0 Å². The van der Waals surface area contributed by atoms with Crippen LogP contribution in [0, 0.1) is 5.92 Å². The number of aliphatic hydroxyl groups excluding tert-OH is 1. The third-order valence-electron chi connectivity index (χ3n) is 1.83. The number of allylic oxidation sites excluding steroid dienone is 1. The Hall–Kier alpha value is -1.03. The molecule has 1 rings (SSSR count). The van der Waals surface area contributed by atoms with Crippen molar-refractivity contribution in [3.8, 4) is 0 Å². The number of urea groups is 1. The summed E-state index contributed by atoms with van der Waals surface area (Å²) in [5.41, 5.74) is 0. The van der Waals surface area contributed by atoms with Gasteiger partial charge in [0, 0.05) is 19.4 Å². The number of hydrogen-bond acceptors (Lipinski definition) is 2. The van der Waals surface area contributed by atoms with E-state index in [9.17, 15) is 4.79 Å². The summed E-state index contributed by atoms with van der Waals surface area (Å²) in [4.78, 5) is 11.0.